The summed E-state index contributed by atoms with van der Waals surface area (Å²) in [6.07, 6.45) is 21.8. The van der Waals surface area contributed by atoms with Crippen molar-refractivity contribution in [2.45, 2.75) is 123 Å². The van der Waals surface area contributed by atoms with Gasteiger partial charge >= 0.3 is 0 Å². The highest BCUT2D eigenvalue weighted by atomic mass is 19.1. The van der Waals surface area contributed by atoms with Gasteiger partial charge in [0, 0.05) is 5.56 Å². The van der Waals surface area contributed by atoms with Crippen LogP contribution in [0.4, 0.5) is 4.39 Å². The molecule has 0 unspecified atom stereocenters. The van der Waals surface area contributed by atoms with Gasteiger partial charge in [0.15, 0.2) is 0 Å². The standard InChI is InChI=1S/C31H47FN2/c1-3-5-7-9-10-12-25-14-16-26(17-15-25)18-21-29-22-23-31(34-33-29)28-20-19-27(30(32)24-28)13-11-8-6-4-2/h19-20,22-26H,3-18,21H2,1-2H3. The first-order chi connectivity index (χ1) is 16.7. The first-order valence-electron chi connectivity index (χ1n) is 14.3. The van der Waals surface area contributed by atoms with E-state index in [4.69, 9.17) is 0 Å². The second-order valence-electron chi connectivity index (χ2n) is 10.7. The van der Waals surface area contributed by atoms with Gasteiger partial charge in [-0.15, -0.1) is 0 Å². The van der Waals surface area contributed by atoms with Crippen molar-refractivity contribution in [2.75, 3.05) is 0 Å². The molecule has 1 aliphatic carbocycles. The van der Waals surface area contributed by atoms with Gasteiger partial charge in [-0.1, -0.05) is 109 Å². The summed E-state index contributed by atoms with van der Waals surface area (Å²) < 4.78 is 14.5. The molecule has 0 aliphatic heterocycles. The Morgan fingerprint density at radius 3 is 2.03 bits per heavy atom. The number of aryl methyl sites for hydroxylation is 2. The number of hydrogen-bond donors (Lipinski definition) is 0. The van der Waals surface area contributed by atoms with Gasteiger partial charge in [0.2, 0.25) is 0 Å². The lowest BCUT2D eigenvalue weighted by atomic mass is 9.78. The molecular weight excluding hydrogens is 419 g/mol. The summed E-state index contributed by atoms with van der Waals surface area (Å²) in [4.78, 5) is 0. The second kappa shape index (κ2) is 15.3. The molecular formula is C31H47FN2. The van der Waals surface area contributed by atoms with E-state index in [0.717, 1.165) is 53.6 Å². The van der Waals surface area contributed by atoms with Gasteiger partial charge in [-0.2, -0.15) is 10.2 Å². The molecule has 3 rings (SSSR count). The summed E-state index contributed by atoms with van der Waals surface area (Å²) in [5.41, 5.74) is 3.46. The Bertz CT molecular complexity index is 809. The van der Waals surface area contributed by atoms with Crippen LogP contribution in [0.1, 0.15) is 121 Å². The molecule has 0 saturated heterocycles. The minimum atomic E-state index is -0.114. The predicted molar refractivity (Wildman–Crippen MR) is 142 cm³/mol. The molecule has 1 fully saturated rings. The maximum atomic E-state index is 14.5. The lowest BCUT2D eigenvalue weighted by Crippen LogP contribution is -2.15. The van der Waals surface area contributed by atoms with Crippen LogP contribution in [0, 0.1) is 17.7 Å². The maximum absolute atomic E-state index is 14.5. The average molecular weight is 467 g/mol. The van der Waals surface area contributed by atoms with E-state index in [1.807, 2.05) is 18.2 Å². The van der Waals surface area contributed by atoms with Crippen molar-refractivity contribution in [1.29, 1.82) is 0 Å². The van der Waals surface area contributed by atoms with Gasteiger partial charge in [0.25, 0.3) is 0 Å². The highest BCUT2D eigenvalue weighted by molar-refractivity contribution is 5.59. The Kier molecular flexibility index (Phi) is 12.1. The van der Waals surface area contributed by atoms with E-state index >= 15 is 0 Å². The van der Waals surface area contributed by atoms with Crippen molar-refractivity contribution >= 4 is 0 Å². The van der Waals surface area contributed by atoms with Crippen LogP contribution < -0.4 is 0 Å². The van der Waals surface area contributed by atoms with Gasteiger partial charge in [-0.25, -0.2) is 4.39 Å². The van der Waals surface area contributed by atoms with Gasteiger partial charge < -0.3 is 0 Å². The number of halogens is 1. The van der Waals surface area contributed by atoms with Crippen molar-refractivity contribution < 1.29 is 4.39 Å². The van der Waals surface area contributed by atoms with Crippen molar-refractivity contribution in [1.82, 2.24) is 10.2 Å². The minimum Gasteiger partial charge on any atom is -0.207 e. The Morgan fingerprint density at radius 1 is 0.706 bits per heavy atom. The molecule has 3 heteroatoms. The molecule has 0 amide bonds. The van der Waals surface area contributed by atoms with Crippen LogP contribution in [0.2, 0.25) is 0 Å². The van der Waals surface area contributed by atoms with Crippen molar-refractivity contribution in [3.05, 3.63) is 47.4 Å². The predicted octanol–water partition coefficient (Wildman–Crippen LogP) is 9.50. The largest absolute Gasteiger partial charge is 0.207 e. The molecule has 0 bridgehead atoms. The smallest absolute Gasteiger partial charge is 0.127 e. The van der Waals surface area contributed by atoms with Gasteiger partial charge in [-0.05, 0) is 61.3 Å². The number of rotatable bonds is 15. The number of unbranched alkanes of at least 4 members (excludes halogenated alkanes) is 7. The van der Waals surface area contributed by atoms with E-state index in [1.54, 1.807) is 6.07 Å². The molecule has 188 valence electrons. The van der Waals surface area contributed by atoms with Crippen molar-refractivity contribution in [2.24, 2.45) is 11.8 Å². The van der Waals surface area contributed by atoms with E-state index < -0.39 is 0 Å². The third-order valence-electron chi connectivity index (χ3n) is 7.86. The van der Waals surface area contributed by atoms with Gasteiger partial charge in [-0.3, -0.25) is 0 Å². The Balaban J connectivity index is 1.38. The third kappa shape index (κ3) is 9.12. The number of aromatic nitrogens is 2. The molecule has 2 nitrogen and oxygen atoms in total. The SMILES string of the molecule is CCCCCCCC1CCC(CCc2ccc(-c3ccc(CCCCCC)c(F)c3)nn2)CC1. The Morgan fingerprint density at radius 2 is 1.38 bits per heavy atom. The van der Waals surface area contributed by atoms with Crippen LogP contribution in [-0.4, -0.2) is 10.2 Å². The van der Waals surface area contributed by atoms with E-state index in [0.29, 0.717) is 0 Å². The van der Waals surface area contributed by atoms with Crippen LogP contribution in [-0.2, 0) is 12.8 Å². The number of hydrogen-bond acceptors (Lipinski definition) is 2. The van der Waals surface area contributed by atoms with Gasteiger partial charge in [0.1, 0.15) is 5.82 Å². The van der Waals surface area contributed by atoms with Crippen LogP contribution >= 0.6 is 0 Å². The summed E-state index contributed by atoms with van der Waals surface area (Å²) in [6.45, 7) is 4.49. The average Bonchev–Trinajstić information content (AvgIpc) is 2.87. The normalized spacial score (nSPS) is 18.3. The fraction of sp³-hybridized carbons (Fsp3) is 0.677. The molecule has 34 heavy (non-hydrogen) atoms. The molecule has 1 aromatic heterocycles. The highest BCUT2D eigenvalue weighted by Crippen LogP contribution is 2.34. The van der Waals surface area contributed by atoms with Crippen molar-refractivity contribution in [3.63, 3.8) is 0 Å². The Labute approximate surface area is 208 Å². The van der Waals surface area contributed by atoms with Crippen molar-refractivity contribution in [3.8, 4) is 11.3 Å². The summed E-state index contributed by atoms with van der Waals surface area (Å²) in [7, 11) is 0. The lowest BCUT2D eigenvalue weighted by Gasteiger charge is -2.28. The molecule has 0 spiro atoms. The monoisotopic (exact) mass is 466 g/mol. The number of benzene rings is 1. The van der Waals surface area contributed by atoms with Crippen LogP contribution in [0.15, 0.2) is 30.3 Å². The maximum Gasteiger partial charge on any atom is 0.127 e. The summed E-state index contributed by atoms with van der Waals surface area (Å²) >= 11 is 0. The first kappa shape index (κ1) is 26.8. The third-order valence-corrected chi connectivity index (χ3v) is 7.86. The van der Waals surface area contributed by atoms with Crippen LogP contribution in [0.3, 0.4) is 0 Å². The summed E-state index contributed by atoms with van der Waals surface area (Å²) in [5, 5.41) is 8.89. The van der Waals surface area contributed by atoms with Gasteiger partial charge in [0.05, 0.1) is 11.4 Å². The molecule has 1 aromatic carbocycles. The summed E-state index contributed by atoms with van der Waals surface area (Å²) in [6, 6.07) is 9.63. The van der Waals surface area contributed by atoms with E-state index in [-0.39, 0.29) is 5.82 Å². The fourth-order valence-electron chi connectivity index (χ4n) is 5.50. The first-order valence-corrected chi connectivity index (χ1v) is 14.3. The molecule has 1 aliphatic rings. The second-order valence-corrected chi connectivity index (χ2v) is 10.7. The molecule has 0 N–H and O–H groups in total. The lowest BCUT2D eigenvalue weighted by molar-refractivity contribution is 0.248. The zero-order chi connectivity index (χ0) is 24.0. The zero-order valence-electron chi connectivity index (χ0n) is 21.8. The van der Waals surface area contributed by atoms with E-state index in [9.17, 15) is 4.39 Å². The fourth-order valence-corrected chi connectivity index (χ4v) is 5.50. The quantitative estimate of drug-likeness (QED) is 0.244. The molecule has 1 saturated carbocycles. The topological polar surface area (TPSA) is 25.8 Å². The highest BCUT2D eigenvalue weighted by Gasteiger charge is 2.21. The molecule has 2 aromatic rings. The zero-order valence-corrected chi connectivity index (χ0v) is 21.8. The minimum absolute atomic E-state index is 0.114. The molecule has 0 radical (unpaired) electrons. The number of nitrogens with zero attached hydrogens (tertiary/aromatic N) is 2. The van der Waals surface area contributed by atoms with Crippen LogP contribution in [0.5, 0.6) is 0 Å². The Hall–Kier alpha value is -1.77. The summed E-state index contributed by atoms with van der Waals surface area (Å²) in [5.74, 6) is 1.70. The van der Waals surface area contributed by atoms with E-state index in [2.05, 4.69) is 30.1 Å². The molecule has 1 heterocycles. The van der Waals surface area contributed by atoms with Crippen LogP contribution in [0.25, 0.3) is 11.3 Å². The van der Waals surface area contributed by atoms with E-state index in [1.165, 1.54) is 89.9 Å². The molecule has 0 atom stereocenters.